The Morgan fingerprint density at radius 3 is 2.48 bits per heavy atom. The van der Waals surface area contributed by atoms with Crippen LogP contribution in [0.15, 0.2) is 36.4 Å². The van der Waals surface area contributed by atoms with Gasteiger partial charge < -0.3 is 20.3 Å². The number of fused-ring (bicyclic) bond motifs is 1. The molecule has 0 unspecified atom stereocenters. The third kappa shape index (κ3) is 7.41. The van der Waals surface area contributed by atoms with Gasteiger partial charge in [0.15, 0.2) is 0 Å². The molecule has 5 nitrogen and oxygen atoms in total. The molecule has 0 aliphatic carbocycles. The minimum Gasteiger partial charge on any atom is -0.491 e. The summed E-state index contributed by atoms with van der Waals surface area (Å²) >= 11 is 0. The molecule has 0 spiro atoms. The van der Waals surface area contributed by atoms with E-state index in [2.05, 4.69) is 35.4 Å². The van der Waals surface area contributed by atoms with Crippen LogP contribution in [0.2, 0.25) is 0 Å². The topological polar surface area (TPSA) is 53.6 Å². The number of anilines is 3. The van der Waals surface area contributed by atoms with Gasteiger partial charge in [0.1, 0.15) is 5.75 Å². The van der Waals surface area contributed by atoms with Crippen LogP contribution in [0, 0.1) is 6.92 Å². The van der Waals surface area contributed by atoms with Crippen LogP contribution in [0.25, 0.3) is 0 Å². The fourth-order valence-electron chi connectivity index (χ4n) is 4.43. The number of aryl methyl sites for hydroxylation is 1. The Hall–Kier alpha value is -2.69. The van der Waals surface area contributed by atoms with Crippen LogP contribution in [0.3, 0.4) is 0 Å². The molecule has 0 aromatic heterocycles. The van der Waals surface area contributed by atoms with Crippen molar-refractivity contribution in [2.24, 2.45) is 0 Å². The van der Waals surface area contributed by atoms with Crippen molar-refractivity contribution in [1.29, 1.82) is 0 Å². The van der Waals surface area contributed by atoms with Crippen molar-refractivity contribution < 1.29 is 9.53 Å². The van der Waals surface area contributed by atoms with Crippen molar-refractivity contribution in [2.45, 2.75) is 78.6 Å². The van der Waals surface area contributed by atoms with Crippen LogP contribution in [0.5, 0.6) is 5.75 Å². The number of para-hydroxylation sites is 1. The summed E-state index contributed by atoms with van der Waals surface area (Å²) in [5, 5.41) is 6.11. The average Bonchev–Trinajstić information content (AvgIpc) is 3.22. The lowest BCUT2D eigenvalue weighted by Crippen LogP contribution is -2.25. The number of carbonyl (C=O) groups excluding carboxylic acids is 1. The quantitative estimate of drug-likeness (QED) is 0.309. The number of ether oxygens (including phenoxy) is 1. The first-order valence-corrected chi connectivity index (χ1v) is 12.8. The molecule has 2 amide bonds. The number of hydrogen-bond acceptors (Lipinski definition) is 3. The molecule has 5 heteroatoms. The summed E-state index contributed by atoms with van der Waals surface area (Å²) in [6.45, 7) is 9.21. The maximum atomic E-state index is 12.9. The van der Waals surface area contributed by atoms with E-state index < -0.39 is 0 Å². The number of hydrogen-bond donors (Lipinski definition) is 2. The summed E-state index contributed by atoms with van der Waals surface area (Å²) in [5.74, 6) is 0.734. The minimum absolute atomic E-state index is 0.235. The number of benzene rings is 2. The van der Waals surface area contributed by atoms with Crippen LogP contribution in [-0.2, 0) is 6.42 Å². The first-order valence-electron chi connectivity index (χ1n) is 12.8. The molecule has 1 aliphatic rings. The van der Waals surface area contributed by atoms with E-state index in [1.807, 2.05) is 37.3 Å². The second-order valence-electron chi connectivity index (χ2n) is 9.10. The second kappa shape index (κ2) is 13.1. The van der Waals surface area contributed by atoms with Crippen molar-refractivity contribution in [2.75, 3.05) is 35.2 Å². The SMILES string of the molecule is CCCCCCOc1cc(C)ccc1NC(=O)Nc1cccc2c1N(CCCCCC)CC2. The zero-order chi connectivity index (χ0) is 23.5. The Kier molecular flexibility index (Phi) is 9.92. The first kappa shape index (κ1) is 24.9. The largest absolute Gasteiger partial charge is 0.491 e. The van der Waals surface area contributed by atoms with E-state index in [0.717, 1.165) is 42.9 Å². The monoisotopic (exact) mass is 451 g/mol. The normalized spacial score (nSPS) is 12.5. The lowest BCUT2D eigenvalue weighted by Gasteiger charge is -2.22. The van der Waals surface area contributed by atoms with Gasteiger partial charge in [0.25, 0.3) is 0 Å². The molecule has 0 atom stereocenters. The molecule has 180 valence electrons. The number of nitrogens with zero attached hydrogens (tertiary/aromatic N) is 1. The van der Waals surface area contributed by atoms with Crippen LogP contribution >= 0.6 is 0 Å². The van der Waals surface area contributed by atoms with Gasteiger partial charge in [-0.25, -0.2) is 4.79 Å². The fraction of sp³-hybridized carbons (Fsp3) is 0.536. The number of carbonyl (C=O) groups is 1. The van der Waals surface area contributed by atoms with Crippen LogP contribution in [0.1, 0.15) is 76.3 Å². The second-order valence-corrected chi connectivity index (χ2v) is 9.10. The molecular formula is C28H41N3O2. The lowest BCUT2D eigenvalue weighted by atomic mass is 10.1. The Balaban J connectivity index is 1.63. The van der Waals surface area contributed by atoms with E-state index in [-0.39, 0.29) is 6.03 Å². The van der Waals surface area contributed by atoms with Crippen molar-refractivity contribution in [3.05, 3.63) is 47.5 Å². The number of urea groups is 1. The van der Waals surface area contributed by atoms with Gasteiger partial charge in [-0.05, 0) is 55.5 Å². The molecule has 2 aromatic carbocycles. The molecule has 2 N–H and O–H groups in total. The Labute approximate surface area is 199 Å². The van der Waals surface area contributed by atoms with Crippen molar-refractivity contribution in [3.8, 4) is 5.75 Å². The third-order valence-corrected chi connectivity index (χ3v) is 6.26. The highest BCUT2D eigenvalue weighted by atomic mass is 16.5. The number of nitrogens with one attached hydrogen (secondary N) is 2. The van der Waals surface area contributed by atoms with Gasteiger partial charge in [0, 0.05) is 13.1 Å². The molecule has 3 rings (SSSR count). The molecule has 0 saturated heterocycles. The van der Waals surface area contributed by atoms with Gasteiger partial charge in [0.05, 0.1) is 23.7 Å². The number of rotatable bonds is 13. The van der Waals surface area contributed by atoms with Crippen LogP contribution < -0.4 is 20.3 Å². The molecule has 33 heavy (non-hydrogen) atoms. The lowest BCUT2D eigenvalue weighted by molar-refractivity contribution is 0.261. The summed E-state index contributed by atoms with van der Waals surface area (Å²) in [4.78, 5) is 15.4. The van der Waals surface area contributed by atoms with E-state index in [0.29, 0.717) is 12.3 Å². The van der Waals surface area contributed by atoms with Crippen molar-refractivity contribution in [3.63, 3.8) is 0 Å². The minimum atomic E-state index is -0.235. The first-order chi connectivity index (χ1) is 16.1. The highest BCUT2D eigenvalue weighted by Gasteiger charge is 2.23. The van der Waals surface area contributed by atoms with E-state index in [1.165, 1.54) is 56.2 Å². The van der Waals surface area contributed by atoms with Gasteiger partial charge in [-0.2, -0.15) is 0 Å². The molecule has 0 saturated carbocycles. The summed E-state index contributed by atoms with van der Waals surface area (Å²) in [6, 6.07) is 11.9. The zero-order valence-electron chi connectivity index (χ0n) is 20.7. The summed E-state index contributed by atoms with van der Waals surface area (Å²) in [5.41, 5.74) is 5.20. The molecule has 2 aromatic rings. The van der Waals surface area contributed by atoms with Gasteiger partial charge >= 0.3 is 6.03 Å². The van der Waals surface area contributed by atoms with Crippen molar-refractivity contribution in [1.82, 2.24) is 0 Å². The Bertz CT molecular complexity index is 897. The fourth-order valence-corrected chi connectivity index (χ4v) is 4.43. The highest BCUT2D eigenvalue weighted by Crippen LogP contribution is 2.36. The molecule has 0 fully saturated rings. The predicted octanol–water partition coefficient (Wildman–Crippen LogP) is 7.54. The maximum Gasteiger partial charge on any atom is 0.323 e. The smallest absolute Gasteiger partial charge is 0.323 e. The van der Waals surface area contributed by atoms with E-state index in [1.54, 1.807) is 0 Å². The average molecular weight is 452 g/mol. The summed E-state index contributed by atoms with van der Waals surface area (Å²) < 4.78 is 6.02. The van der Waals surface area contributed by atoms with E-state index >= 15 is 0 Å². The molecule has 1 aliphatic heterocycles. The van der Waals surface area contributed by atoms with Crippen LogP contribution in [0.4, 0.5) is 21.9 Å². The standard InChI is InChI=1S/C28H41N3O2/c1-4-6-8-10-18-31-19-17-23-13-12-14-25(27(23)31)30-28(32)29-24-16-15-22(3)21-26(24)33-20-11-9-7-5-2/h12-16,21H,4-11,17-20H2,1-3H3,(H2,29,30,32). The third-order valence-electron chi connectivity index (χ3n) is 6.26. The predicted molar refractivity (Wildman–Crippen MR) is 140 cm³/mol. The number of unbranched alkanes of at least 4 members (excludes halogenated alkanes) is 6. The Morgan fingerprint density at radius 1 is 0.939 bits per heavy atom. The van der Waals surface area contributed by atoms with Crippen molar-refractivity contribution >= 4 is 23.1 Å². The highest BCUT2D eigenvalue weighted by molar-refractivity contribution is 6.03. The molecule has 0 bridgehead atoms. The molecule has 1 heterocycles. The van der Waals surface area contributed by atoms with Gasteiger partial charge in [-0.3, -0.25) is 0 Å². The van der Waals surface area contributed by atoms with Gasteiger partial charge in [0.2, 0.25) is 0 Å². The molecule has 0 radical (unpaired) electrons. The number of amides is 2. The van der Waals surface area contributed by atoms with Gasteiger partial charge in [-0.15, -0.1) is 0 Å². The maximum absolute atomic E-state index is 12.9. The van der Waals surface area contributed by atoms with Gasteiger partial charge in [-0.1, -0.05) is 70.6 Å². The van der Waals surface area contributed by atoms with E-state index in [9.17, 15) is 4.79 Å². The summed E-state index contributed by atoms with van der Waals surface area (Å²) in [6.07, 6.45) is 10.6. The van der Waals surface area contributed by atoms with Crippen LogP contribution in [-0.4, -0.2) is 25.7 Å². The van der Waals surface area contributed by atoms with E-state index in [4.69, 9.17) is 4.74 Å². The summed E-state index contributed by atoms with van der Waals surface area (Å²) in [7, 11) is 0. The Morgan fingerprint density at radius 2 is 1.70 bits per heavy atom. The molecular weight excluding hydrogens is 410 g/mol. The zero-order valence-corrected chi connectivity index (χ0v) is 20.7.